The number of aryl methyl sites for hydroxylation is 3. The molecule has 0 radical (unpaired) electrons. The molecule has 1 aromatic heterocycles. The first-order valence-electron chi connectivity index (χ1n) is 8.59. The summed E-state index contributed by atoms with van der Waals surface area (Å²) in [5, 5.41) is 6.04. The molecule has 1 heterocycles. The van der Waals surface area contributed by atoms with E-state index in [-0.39, 0.29) is 5.91 Å². The molecule has 138 valence electrons. The zero-order valence-electron chi connectivity index (χ0n) is 15.8. The van der Waals surface area contributed by atoms with Gasteiger partial charge in [-0.3, -0.25) is 4.79 Å². The third kappa shape index (κ3) is 4.41. The van der Waals surface area contributed by atoms with Crippen LogP contribution in [0.3, 0.4) is 0 Å². The van der Waals surface area contributed by atoms with Crippen molar-refractivity contribution in [2.45, 2.75) is 20.8 Å². The number of benzene rings is 2. The van der Waals surface area contributed by atoms with Crippen LogP contribution in [0.15, 0.2) is 48.7 Å². The number of ether oxygens (including phenoxy) is 1. The highest BCUT2D eigenvalue weighted by Gasteiger charge is 2.12. The summed E-state index contributed by atoms with van der Waals surface area (Å²) >= 11 is 0. The van der Waals surface area contributed by atoms with Gasteiger partial charge in [0, 0.05) is 17.6 Å². The number of carbonyl (C=O) groups is 1. The smallest absolute Gasteiger partial charge is 0.274 e. The van der Waals surface area contributed by atoms with Crippen LogP contribution in [0.25, 0.3) is 0 Å². The number of hydrogen-bond donors (Lipinski definition) is 2. The highest BCUT2D eigenvalue weighted by atomic mass is 16.5. The molecule has 3 rings (SSSR count). The zero-order valence-corrected chi connectivity index (χ0v) is 15.8. The van der Waals surface area contributed by atoms with Gasteiger partial charge < -0.3 is 15.4 Å². The Morgan fingerprint density at radius 2 is 1.67 bits per heavy atom. The van der Waals surface area contributed by atoms with Gasteiger partial charge >= 0.3 is 0 Å². The number of anilines is 3. The van der Waals surface area contributed by atoms with Gasteiger partial charge in [-0.1, -0.05) is 17.7 Å². The van der Waals surface area contributed by atoms with Crippen molar-refractivity contribution < 1.29 is 9.53 Å². The zero-order chi connectivity index (χ0) is 19.4. The predicted molar refractivity (Wildman–Crippen MR) is 107 cm³/mol. The molecule has 6 heteroatoms. The molecule has 27 heavy (non-hydrogen) atoms. The monoisotopic (exact) mass is 362 g/mol. The molecule has 0 atom stereocenters. The minimum absolute atomic E-state index is 0.273. The van der Waals surface area contributed by atoms with Crippen molar-refractivity contribution in [3.05, 3.63) is 71.0 Å². The number of hydrogen-bond acceptors (Lipinski definition) is 5. The van der Waals surface area contributed by atoms with Crippen molar-refractivity contribution >= 4 is 23.2 Å². The maximum Gasteiger partial charge on any atom is 0.274 e. The molecule has 2 N–H and O–H groups in total. The number of carbonyl (C=O) groups excluding carboxylic acids is 1. The number of aromatic nitrogens is 2. The fourth-order valence-corrected chi connectivity index (χ4v) is 2.90. The number of rotatable bonds is 5. The summed E-state index contributed by atoms with van der Waals surface area (Å²) in [4.78, 5) is 21.1. The summed E-state index contributed by atoms with van der Waals surface area (Å²) in [6.45, 7) is 5.99. The maximum atomic E-state index is 12.6. The van der Waals surface area contributed by atoms with Crippen molar-refractivity contribution in [3.63, 3.8) is 0 Å². The molecule has 0 aliphatic heterocycles. The quantitative estimate of drug-likeness (QED) is 0.703. The average Bonchev–Trinajstić information content (AvgIpc) is 2.65. The van der Waals surface area contributed by atoms with Crippen molar-refractivity contribution in [1.29, 1.82) is 0 Å². The van der Waals surface area contributed by atoms with Crippen LogP contribution in [0.2, 0.25) is 0 Å². The van der Waals surface area contributed by atoms with Gasteiger partial charge in [-0.2, -0.15) is 0 Å². The SMILES string of the molecule is COc1ccc(Nc2nccc(C(=O)Nc3c(C)cc(C)cc3C)n2)cc1. The van der Waals surface area contributed by atoms with E-state index >= 15 is 0 Å². The molecule has 0 bridgehead atoms. The molecule has 0 fully saturated rings. The molecule has 6 nitrogen and oxygen atoms in total. The predicted octanol–water partition coefficient (Wildman–Crippen LogP) is 4.41. The average molecular weight is 362 g/mol. The second kappa shape index (κ2) is 7.86. The standard InChI is InChI=1S/C21H22N4O2/c1-13-11-14(2)19(15(3)12-13)25-20(26)18-9-10-22-21(24-18)23-16-5-7-17(27-4)8-6-16/h5-12H,1-4H3,(H,25,26)(H,22,23,24). The van der Waals surface area contributed by atoms with Gasteiger partial charge in [-0.25, -0.2) is 9.97 Å². The van der Waals surface area contributed by atoms with E-state index in [1.807, 2.05) is 57.2 Å². The lowest BCUT2D eigenvalue weighted by molar-refractivity contribution is 0.102. The molecule has 0 aliphatic carbocycles. The van der Waals surface area contributed by atoms with Gasteiger partial charge in [-0.05, 0) is 62.2 Å². The van der Waals surface area contributed by atoms with E-state index in [2.05, 4.69) is 20.6 Å². The van der Waals surface area contributed by atoms with E-state index in [1.165, 1.54) is 0 Å². The normalized spacial score (nSPS) is 10.4. The third-order valence-corrected chi connectivity index (χ3v) is 4.15. The lowest BCUT2D eigenvalue weighted by atomic mass is 10.1. The Morgan fingerprint density at radius 3 is 2.30 bits per heavy atom. The minimum atomic E-state index is -0.273. The van der Waals surface area contributed by atoms with Gasteiger partial charge in [0.25, 0.3) is 5.91 Å². The molecule has 3 aromatic rings. The molecule has 1 amide bonds. The fraction of sp³-hybridized carbons (Fsp3) is 0.190. The lowest BCUT2D eigenvalue weighted by Crippen LogP contribution is -2.16. The number of methoxy groups -OCH3 is 1. The summed E-state index contributed by atoms with van der Waals surface area (Å²) in [5.41, 5.74) is 5.11. The molecule has 0 saturated carbocycles. The molecule has 0 aliphatic rings. The molecule has 0 unspecified atom stereocenters. The van der Waals surface area contributed by atoms with Crippen molar-refractivity contribution in [2.75, 3.05) is 17.7 Å². The first kappa shape index (κ1) is 18.4. The van der Waals surface area contributed by atoms with E-state index in [1.54, 1.807) is 19.4 Å². The first-order valence-corrected chi connectivity index (χ1v) is 8.59. The van der Waals surface area contributed by atoms with Gasteiger partial charge in [0.05, 0.1) is 7.11 Å². The van der Waals surface area contributed by atoms with Crippen LogP contribution >= 0.6 is 0 Å². The van der Waals surface area contributed by atoms with Crippen LogP contribution in [0.4, 0.5) is 17.3 Å². The molecule has 0 saturated heterocycles. The van der Waals surface area contributed by atoms with E-state index in [0.717, 1.165) is 33.8 Å². The van der Waals surface area contributed by atoms with Crippen molar-refractivity contribution in [3.8, 4) is 5.75 Å². The van der Waals surface area contributed by atoms with Crippen molar-refractivity contribution in [2.24, 2.45) is 0 Å². The number of nitrogens with zero attached hydrogens (tertiary/aromatic N) is 2. The van der Waals surface area contributed by atoms with E-state index in [4.69, 9.17) is 4.74 Å². The Balaban J connectivity index is 1.77. The number of nitrogens with one attached hydrogen (secondary N) is 2. The summed E-state index contributed by atoms with van der Waals surface area (Å²) < 4.78 is 5.14. The Bertz CT molecular complexity index is 945. The van der Waals surface area contributed by atoms with Crippen LogP contribution in [-0.2, 0) is 0 Å². The minimum Gasteiger partial charge on any atom is -0.497 e. The summed E-state index contributed by atoms with van der Waals surface area (Å²) in [7, 11) is 1.62. The Hall–Kier alpha value is -3.41. The maximum absolute atomic E-state index is 12.6. The topological polar surface area (TPSA) is 76.1 Å². The fourth-order valence-electron chi connectivity index (χ4n) is 2.90. The Kier molecular flexibility index (Phi) is 5.35. The molecular weight excluding hydrogens is 340 g/mol. The Morgan fingerprint density at radius 1 is 1.00 bits per heavy atom. The highest BCUT2D eigenvalue weighted by Crippen LogP contribution is 2.23. The Labute approximate surface area is 158 Å². The summed E-state index contributed by atoms with van der Waals surface area (Å²) in [6, 6.07) is 13.1. The third-order valence-electron chi connectivity index (χ3n) is 4.15. The van der Waals surface area contributed by atoms with Crippen molar-refractivity contribution in [1.82, 2.24) is 9.97 Å². The van der Waals surface area contributed by atoms with Gasteiger partial charge in [0.2, 0.25) is 5.95 Å². The molecule has 2 aromatic carbocycles. The summed E-state index contributed by atoms with van der Waals surface area (Å²) in [6.07, 6.45) is 1.56. The van der Waals surface area contributed by atoms with Crippen LogP contribution in [0.5, 0.6) is 5.75 Å². The van der Waals surface area contributed by atoms with Crippen LogP contribution in [0.1, 0.15) is 27.2 Å². The van der Waals surface area contributed by atoms with E-state index < -0.39 is 0 Å². The highest BCUT2D eigenvalue weighted by molar-refractivity contribution is 6.03. The number of amides is 1. The van der Waals surface area contributed by atoms with Gasteiger partial charge in [-0.15, -0.1) is 0 Å². The van der Waals surface area contributed by atoms with Gasteiger partial charge in [0.1, 0.15) is 11.4 Å². The second-order valence-corrected chi connectivity index (χ2v) is 6.35. The largest absolute Gasteiger partial charge is 0.497 e. The first-order chi connectivity index (χ1) is 13.0. The van der Waals surface area contributed by atoms with Crippen LogP contribution in [0, 0.1) is 20.8 Å². The van der Waals surface area contributed by atoms with Gasteiger partial charge in [0.15, 0.2) is 0 Å². The molecule has 0 spiro atoms. The van der Waals surface area contributed by atoms with E-state index in [0.29, 0.717) is 11.6 Å². The second-order valence-electron chi connectivity index (χ2n) is 6.35. The van der Waals surface area contributed by atoms with Crippen LogP contribution in [-0.4, -0.2) is 23.0 Å². The van der Waals surface area contributed by atoms with Crippen LogP contribution < -0.4 is 15.4 Å². The summed E-state index contributed by atoms with van der Waals surface area (Å²) in [5.74, 6) is 0.842. The lowest BCUT2D eigenvalue weighted by Gasteiger charge is -2.13. The molecular formula is C21H22N4O2. The van der Waals surface area contributed by atoms with E-state index in [9.17, 15) is 4.79 Å².